The average molecular weight is 558 g/mol. The van der Waals surface area contributed by atoms with Gasteiger partial charge in [-0.1, -0.05) is 0 Å². The van der Waals surface area contributed by atoms with Gasteiger partial charge in [0, 0.05) is 46.8 Å². The second kappa shape index (κ2) is 11.2. The van der Waals surface area contributed by atoms with Crippen molar-refractivity contribution in [1.82, 2.24) is 4.98 Å². The van der Waals surface area contributed by atoms with Gasteiger partial charge in [-0.3, -0.25) is 9.20 Å². The molecule has 1 aliphatic rings. The minimum atomic E-state index is -0.611. The number of rotatable bonds is 1. The molecule has 23 heavy (non-hydrogen) atoms. The Morgan fingerprint density at radius 2 is 1.87 bits per heavy atom. The smallest absolute Gasteiger partial charge is 1.00 e. The number of hydrogen-bond acceptors (Lipinski definition) is 3. The van der Waals surface area contributed by atoms with Gasteiger partial charge in [-0.05, 0) is 31.0 Å². The Morgan fingerprint density at radius 1 is 1.26 bits per heavy atom. The second-order valence-corrected chi connectivity index (χ2v) is 6.33. The minimum absolute atomic E-state index is 0. The Bertz CT molecular complexity index is 685. The molecule has 0 spiro atoms. The van der Waals surface area contributed by atoms with Crippen molar-refractivity contribution < 1.29 is 54.8 Å². The molecule has 3 rings (SSSR count). The molecular weight excluding hydrogens is 538 g/mol. The van der Waals surface area contributed by atoms with Crippen LogP contribution in [0.15, 0.2) is 23.2 Å². The topological polar surface area (TPSA) is 54.4 Å². The molecule has 1 aromatic carbocycles. The molecule has 0 bridgehead atoms. The van der Waals surface area contributed by atoms with Gasteiger partial charge >= 0.3 is 21.1 Å². The minimum Gasteiger partial charge on any atom is -1.00 e. The molecule has 1 aromatic heterocycles. The van der Waals surface area contributed by atoms with E-state index in [0.717, 1.165) is 29.9 Å². The van der Waals surface area contributed by atoms with Crippen molar-refractivity contribution in [2.45, 2.75) is 13.3 Å². The first-order chi connectivity index (χ1) is 9.52. The summed E-state index contributed by atoms with van der Waals surface area (Å²) in [5, 5.41) is 1.30. The van der Waals surface area contributed by atoms with Gasteiger partial charge in [0.2, 0.25) is 0 Å². The summed E-state index contributed by atoms with van der Waals surface area (Å²) in [6, 6.07) is 6.18. The number of aromatic nitrogens is 1. The molecule has 0 amide bonds. The Labute approximate surface area is 166 Å². The van der Waals surface area contributed by atoms with Gasteiger partial charge in [0.25, 0.3) is 0 Å². The Hall–Kier alpha value is -0.352. The van der Waals surface area contributed by atoms with Crippen molar-refractivity contribution >= 4 is 27.4 Å². The molecule has 0 saturated heterocycles. The molecule has 0 saturated carbocycles. The van der Waals surface area contributed by atoms with Crippen molar-refractivity contribution in [2.75, 3.05) is 26.2 Å². The van der Waals surface area contributed by atoms with E-state index >= 15 is 0 Å². The molecule has 1 aliphatic heterocycles. The van der Waals surface area contributed by atoms with Crippen LogP contribution in [0.25, 0.3) is 10.9 Å². The van der Waals surface area contributed by atoms with Gasteiger partial charge in [-0.25, -0.2) is 0 Å². The summed E-state index contributed by atoms with van der Waals surface area (Å²) in [5.41, 5.74) is 4.83. The maximum atomic E-state index is 9.56. The van der Waals surface area contributed by atoms with E-state index in [0.29, 0.717) is 0 Å². The van der Waals surface area contributed by atoms with Gasteiger partial charge in [0.15, 0.2) is 0 Å². The predicted octanol–water partition coefficient (Wildman–Crippen LogP) is -3.46. The van der Waals surface area contributed by atoms with E-state index in [1.165, 1.54) is 16.6 Å². The molecule has 8 heteroatoms. The van der Waals surface area contributed by atoms with Crippen LogP contribution >= 0.6 is 0 Å². The molecule has 2 aromatic rings. The van der Waals surface area contributed by atoms with Gasteiger partial charge in [-0.2, -0.15) is 0 Å². The standard InChI is InChI=1S/C13H14N2O.C2H6OS.2ClH.Pt/c1-8-13-11(5-6-14-8)10-4-3-9(16-2)7-12(10)15-13;1-4(2)3;;;/h3-4,7,15H,5-6H2,1-2H3;1-2H3;2*1H;/q;;;;+2/p-2. The molecule has 0 fully saturated rings. The number of ether oxygens (including phenoxy) is 1. The number of methoxy groups -OCH3 is 1. The van der Waals surface area contributed by atoms with E-state index in [4.69, 9.17) is 4.74 Å². The predicted molar refractivity (Wildman–Crippen MR) is 85.6 cm³/mol. The van der Waals surface area contributed by atoms with E-state index in [-0.39, 0.29) is 45.9 Å². The zero-order chi connectivity index (χ0) is 14.7. The first-order valence-electron chi connectivity index (χ1n) is 6.48. The Balaban J connectivity index is 0. The van der Waals surface area contributed by atoms with Crippen molar-refractivity contribution in [3.05, 3.63) is 29.5 Å². The van der Waals surface area contributed by atoms with Crippen LogP contribution in [0.5, 0.6) is 5.75 Å². The molecule has 1 N–H and O–H groups in total. The van der Waals surface area contributed by atoms with Crippen LogP contribution in [-0.2, 0) is 38.3 Å². The van der Waals surface area contributed by atoms with Gasteiger partial charge in [0.1, 0.15) is 5.75 Å². The fraction of sp³-hybridized carbons (Fsp3) is 0.400. The zero-order valence-electron chi connectivity index (χ0n) is 13.4. The van der Waals surface area contributed by atoms with Crippen molar-refractivity contribution in [3.63, 3.8) is 0 Å². The molecular formula is C15H20Cl2N2O2PtS. The number of H-pyrrole nitrogens is 1. The largest absolute Gasteiger partial charge is 2.00 e. The number of halogens is 2. The summed E-state index contributed by atoms with van der Waals surface area (Å²) >= 11 is 0. The van der Waals surface area contributed by atoms with E-state index in [2.05, 4.69) is 23.0 Å². The third-order valence-corrected chi connectivity index (χ3v) is 3.19. The number of aliphatic imine (C=N–C) groups is 1. The summed E-state index contributed by atoms with van der Waals surface area (Å²) in [6.45, 7) is 2.96. The van der Waals surface area contributed by atoms with Crippen LogP contribution in [0.1, 0.15) is 18.2 Å². The molecule has 2 heterocycles. The fourth-order valence-electron chi connectivity index (χ4n) is 2.34. The van der Waals surface area contributed by atoms with Gasteiger partial charge in [0.05, 0.1) is 18.5 Å². The first kappa shape index (κ1) is 24.9. The number of nitrogens with one attached hydrogen (secondary N) is 1. The number of hydrogen-bond donors (Lipinski definition) is 1. The van der Waals surface area contributed by atoms with Gasteiger partial charge < -0.3 is 34.5 Å². The normalized spacial score (nSPS) is 11.8. The maximum Gasteiger partial charge on any atom is 2.00 e. The van der Waals surface area contributed by atoms with Crippen LogP contribution in [0.2, 0.25) is 0 Å². The summed E-state index contributed by atoms with van der Waals surface area (Å²) in [4.78, 5) is 7.89. The summed E-state index contributed by atoms with van der Waals surface area (Å²) in [5.74, 6) is 0.890. The summed E-state index contributed by atoms with van der Waals surface area (Å²) < 4.78 is 14.8. The molecule has 0 aliphatic carbocycles. The zero-order valence-corrected chi connectivity index (χ0v) is 18.0. The van der Waals surface area contributed by atoms with Crippen LogP contribution in [0, 0.1) is 0 Å². The number of benzene rings is 1. The number of fused-ring (bicyclic) bond motifs is 3. The molecule has 0 unspecified atom stereocenters. The summed E-state index contributed by atoms with van der Waals surface area (Å²) in [7, 11) is 1.08. The van der Waals surface area contributed by atoms with Crippen molar-refractivity contribution in [1.29, 1.82) is 0 Å². The summed E-state index contributed by atoms with van der Waals surface area (Å²) in [6.07, 6.45) is 4.30. The van der Waals surface area contributed by atoms with Crippen LogP contribution < -0.4 is 29.6 Å². The van der Waals surface area contributed by atoms with Gasteiger partial charge in [-0.15, -0.1) is 0 Å². The van der Waals surface area contributed by atoms with Crippen LogP contribution in [0.3, 0.4) is 0 Å². The monoisotopic (exact) mass is 557 g/mol. The molecule has 132 valence electrons. The number of aromatic amines is 1. The molecule has 4 nitrogen and oxygen atoms in total. The van der Waals surface area contributed by atoms with Crippen LogP contribution in [-0.4, -0.2) is 41.1 Å². The SMILES string of the molecule is COc1ccc2c3c([nH]c2c1)C(C)=NCC3.CS(C)=O.[Cl-].[Cl-].[Pt+2]. The quantitative estimate of drug-likeness (QED) is 0.396. The van der Waals surface area contributed by atoms with E-state index < -0.39 is 10.8 Å². The van der Waals surface area contributed by atoms with E-state index in [1.807, 2.05) is 12.1 Å². The van der Waals surface area contributed by atoms with Crippen LogP contribution in [0.4, 0.5) is 0 Å². The fourth-order valence-corrected chi connectivity index (χ4v) is 2.34. The average Bonchev–Trinajstić information content (AvgIpc) is 2.77. The van der Waals surface area contributed by atoms with Crippen molar-refractivity contribution in [3.8, 4) is 5.75 Å². The van der Waals surface area contributed by atoms with E-state index in [1.54, 1.807) is 19.6 Å². The Morgan fingerprint density at radius 3 is 2.43 bits per heavy atom. The van der Waals surface area contributed by atoms with E-state index in [9.17, 15) is 4.21 Å². The Kier molecular flexibility index (Phi) is 12.2. The first-order valence-corrected chi connectivity index (χ1v) is 8.44. The second-order valence-electron chi connectivity index (χ2n) is 4.85. The third kappa shape index (κ3) is 6.22. The third-order valence-electron chi connectivity index (χ3n) is 3.19. The maximum absolute atomic E-state index is 9.56. The van der Waals surface area contributed by atoms with Crippen molar-refractivity contribution in [2.24, 2.45) is 4.99 Å². The number of nitrogens with zero attached hydrogens (tertiary/aromatic N) is 1. The molecule has 0 atom stereocenters. The molecule has 0 radical (unpaired) electrons.